The van der Waals surface area contributed by atoms with Gasteiger partial charge in [0.2, 0.25) is 0 Å². The van der Waals surface area contributed by atoms with Crippen molar-refractivity contribution in [2.24, 2.45) is 5.92 Å². The molecule has 106 valence electrons. The molecule has 3 atom stereocenters. The molecule has 0 aliphatic rings. The lowest BCUT2D eigenvalue weighted by Crippen LogP contribution is -2.47. The molecule has 0 aromatic rings. The average Bonchev–Trinajstić information content (AvgIpc) is 2.22. The van der Waals surface area contributed by atoms with Crippen LogP contribution in [0.3, 0.4) is 0 Å². The Morgan fingerprint density at radius 2 is 1.72 bits per heavy atom. The van der Waals surface area contributed by atoms with E-state index < -0.39 is 35.7 Å². The van der Waals surface area contributed by atoms with Gasteiger partial charge in [-0.05, 0) is 34.6 Å². The predicted octanol–water partition coefficient (Wildman–Crippen LogP) is 1.07. The first-order valence-electron chi connectivity index (χ1n) is 5.84. The molecule has 0 aromatic heterocycles. The third kappa shape index (κ3) is 5.86. The van der Waals surface area contributed by atoms with Crippen LogP contribution >= 0.6 is 0 Å². The van der Waals surface area contributed by atoms with Crippen LogP contribution in [0, 0.1) is 5.92 Å². The highest BCUT2D eigenvalue weighted by atomic mass is 16.6. The first kappa shape index (κ1) is 16.7. The Morgan fingerprint density at radius 1 is 1.22 bits per heavy atom. The Labute approximate surface area is 108 Å². The maximum atomic E-state index is 11.5. The third-order valence-electron chi connectivity index (χ3n) is 2.34. The van der Waals surface area contributed by atoms with E-state index in [1.165, 1.54) is 14.0 Å². The Morgan fingerprint density at radius 3 is 2.11 bits per heavy atom. The molecule has 18 heavy (non-hydrogen) atoms. The molecular weight excluding hydrogens is 238 g/mol. The summed E-state index contributed by atoms with van der Waals surface area (Å²) in [5, 5.41) is 12.3. The van der Waals surface area contributed by atoms with Gasteiger partial charge in [0, 0.05) is 0 Å². The van der Waals surface area contributed by atoms with Crippen molar-refractivity contribution >= 4 is 12.1 Å². The second kappa shape index (κ2) is 6.58. The fourth-order valence-corrected chi connectivity index (χ4v) is 1.34. The van der Waals surface area contributed by atoms with Crippen molar-refractivity contribution < 1.29 is 24.2 Å². The van der Waals surface area contributed by atoms with Crippen LogP contribution in [0.1, 0.15) is 34.6 Å². The maximum Gasteiger partial charge on any atom is 0.407 e. The number of aliphatic hydroxyl groups excluding tert-OH is 1. The molecule has 0 bridgehead atoms. The normalized spacial score (nSPS) is 16.4. The van der Waals surface area contributed by atoms with Crippen LogP contribution in [0.2, 0.25) is 0 Å². The zero-order valence-electron chi connectivity index (χ0n) is 11.8. The zero-order chi connectivity index (χ0) is 14.5. The second-order valence-electron chi connectivity index (χ2n) is 5.24. The van der Waals surface area contributed by atoms with Gasteiger partial charge in [0.05, 0.1) is 25.2 Å². The van der Waals surface area contributed by atoms with E-state index in [2.05, 4.69) is 10.1 Å². The molecule has 0 rings (SSSR count). The third-order valence-corrected chi connectivity index (χ3v) is 2.34. The molecule has 6 nitrogen and oxygen atoms in total. The quantitative estimate of drug-likeness (QED) is 0.739. The Kier molecular flexibility index (Phi) is 6.11. The molecule has 0 unspecified atom stereocenters. The van der Waals surface area contributed by atoms with E-state index in [-0.39, 0.29) is 0 Å². The topological polar surface area (TPSA) is 84.9 Å². The lowest BCUT2D eigenvalue weighted by Gasteiger charge is -2.26. The van der Waals surface area contributed by atoms with Gasteiger partial charge in [-0.1, -0.05) is 0 Å². The van der Waals surface area contributed by atoms with Crippen molar-refractivity contribution in [3.63, 3.8) is 0 Å². The van der Waals surface area contributed by atoms with Crippen molar-refractivity contribution in [3.8, 4) is 0 Å². The SMILES string of the molecule is COC(=O)[C@@H](C)[C@@H](O)[C@@H](C)NC(=O)OC(C)(C)C. The van der Waals surface area contributed by atoms with Crippen molar-refractivity contribution in [3.05, 3.63) is 0 Å². The number of esters is 1. The number of hydrogen-bond acceptors (Lipinski definition) is 5. The molecule has 0 heterocycles. The largest absolute Gasteiger partial charge is 0.469 e. The number of carbonyl (C=O) groups excluding carboxylic acids is 2. The van der Waals surface area contributed by atoms with Gasteiger partial charge in [-0.25, -0.2) is 4.79 Å². The number of methoxy groups -OCH3 is 1. The molecule has 0 saturated carbocycles. The number of amides is 1. The second-order valence-corrected chi connectivity index (χ2v) is 5.24. The highest BCUT2D eigenvalue weighted by Crippen LogP contribution is 2.11. The number of ether oxygens (including phenoxy) is 2. The molecule has 2 N–H and O–H groups in total. The number of rotatable bonds is 4. The van der Waals surface area contributed by atoms with Crippen LogP contribution in [0.4, 0.5) is 4.79 Å². The summed E-state index contributed by atoms with van der Waals surface area (Å²) < 4.78 is 9.57. The fourth-order valence-electron chi connectivity index (χ4n) is 1.34. The van der Waals surface area contributed by atoms with Crippen LogP contribution in [0.25, 0.3) is 0 Å². The zero-order valence-corrected chi connectivity index (χ0v) is 11.8. The van der Waals surface area contributed by atoms with Crippen LogP contribution in [-0.4, -0.2) is 42.0 Å². The van der Waals surface area contributed by atoms with Gasteiger partial charge in [-0.15, -0.1) is 0 Å². The minimum atomic E-state index is -1.04. The monoisotopic (exact) mass is 261 g/mol. The van der Waals surface area contributed by atoms with Gasteiger partial charge in [0.25, 0.3) is 0 Å². The van der Waals surface area contributed by atoms with Gasteiger partial charge in [0.1, 0.15) is 5.60 Å². The van der Waals surface area contributed by atoms with Crippen molar-refractivity contribution in [2.45, 2.75) is 52.4 Å². The average molecular weight is 261 g/mol. The molecule has 6 heteroatoms. The van der Waals surface area contributed by atoms with Crippen LogP contribution in [0.15, 0.2) is 0 Å². The number of aliphatic hydroxyl groups is 1. The van der Waals surface area contributed by atoms with E-state index >= 15 is 0 Å². The number of nitrogens with one attached hydrogen (secondary N) is 1. The van der Waals surface area contributed by atoms with Gasteiger partial charge < -0.3 is 19.9 Å². The molecule has 0 saturated heterocycles. The first-order valence-corrected chi connectivity index (χ1v) is 5.84. The summed E-state index contributed by atoms with van der Waals surface area (Å²) in [6.45, 7) is 8.35. The summed E-state index contributed by atoms with van der Waals surface area (Å²) in [5.74, 6) is -1.25. The van der Waals surface area contributed by atoms with Crippen molar-refractivity contribution in [1.82, 2.24) is 5.32 Å². The molecule has 1 amide bonds. The van der Waals surface area contributed by atoms with Gasteiger partial charge >= 0.3 is 12.1 Å². The summed E-state index contributed by atoms with van der Waals surface area (Å²) in [7, 11) is 1.25. The molecule has 0 aromatic carbocycles. The number of carbonyl (C=O) groups is 2. The summed E-state index contributed by atoms with van der Waals surface area (Å²) in [4.78, 5) is 22.7. The number of alkyl carbamates (subject to hydrolysis) is 1. The van der Waals surface area contributed by atoms with E-state index in [0.29, 0.717) is 0 Å². The van der Waals surface area contributed by atoms with E-state index in [9.17, 15) is 14.7 Å². The predicted molar refractivity (Wildman–Crippen MR) is 66.0 cm³/mol. The summed E-state index contributed by atoms with van der Waals surface area (Å²) >= 11 is 0. The van der Waals surface area contributed by atoms with Crippen molar-refractivity contribution in [2.75, 3.05) is 7.11 Å². The standard InChI is InChI=1S/C12H23NO5/c1-7(10(15)17-6)9(14)8(2)13-11(16)18-12(3,4)5/h7-9,14H,1-6H3,(H,13,16)/t7-,8+,9+/m0/s1. The van der Waals surface area contributed by atoms with E-state index in [0.717, 1.165) is 0 Å². The lowest BCUT2D eigenvalue weighted by molar-refractivity contribution is -0.149. The molecule has 0 aliphatic carbocycles. The van der Waals surface area contributed by atoms with Crippen LogP contribution in [-0.2, 0) is 14.3 Å². The first-order chi connectivity index (χ1) is 8.08. The molecule has 0 aliphatic heterocycles. The van der Waals surface area contributed by atoms with Gasteiger partial charge in [-0.2, -0.15) is 0 Å². The molecule has 0 spiro atoms. The Bertz CT molecular complexity index is 297. The highest BCUT2D eigenvalue weighted by Gasteiger charge is 2.29. The lowest BCUT2D eigenvalue weighted by atomic mass is 9.99. The molecule has 0 fully saturated rings. The van der Waals surface area contributed by atoms with E-state index in [4.69, 9.17) is 4.74 Å². The van der Waals surface area contributed by atoms with Gasteiger partial charge in [-0.3, -0.25) is 4.79 Å². The van der Waals surface area contributed by atoms with E-state index in [1.807, 2.05) is 0 Å². The summed E-state index contributed by atoms with van der Waals surface area (Å²) in [6, 6.07) is -0.617. The van der Waals surface area contributed by atoms with Crippen molar-refractivity contribution in [1.29, 1.82) is 0 Å². The Balaban J connectivity index is 4.36. The smallest absolute Gasteiger partial charge is 0.407 e. The van der Waals surface area contributed by atoms with Gasteiger partial charge in [0.15, 0.2) is 0 Å². The molecule has 0 radical (unpaired) electrons. The summed E-state index contributed by atoms with van der Waals surface area (Å²) in [5.41, 5.74) is -0.608. The minimum absolute atomic E-state index is 0.527. The fraction of sp³-hybridized carbons (Fsp3) is 0.833. The van der Waals surface area contributed by atoms with E-state index in [1.54, 1.807) is 27.7 Å². The maximum absolute atomic E-state index is 11.5. The number of hydrogen-bond donors (Lipinski definition) is 2. The highest BCUT2D eigenvalue weighted by molar-refractivity contribution is 5.73. The Hall–Kier alpha value is -1.30. The minimum Gasteiger partial charge on any atom is -0.469 e. The van der Waals surface area contributed by atoms with Crippen LogP contribution < -0.4 is 5.32 Å². The summed E-state index contributed by atoms with van der Waals surface area (Å²) in [6.07, 6.45) is -1.67. The molecular formula is C12H23NO5. The van der Waals surface area contributed by atoms with Crippen LogP contribution in [0.5, 0.6) is 0 Å².